The van der Waals surface area contributed by atoms with Gasteiger partial charge in [0, 0.05) is 11.3 Å². The van der Waals surface area contributed by atoms with Crippen molar-refractivity contribution in [3.05, 3.63) is 22.8 Å². The van der Waals surface area contributed by atoms with E-state index >= 15 is 0 Å². The van der Waals surface area contributed by atoms with E-state index in [1.165, 1.54) is 0 Å². The van der Waals surface area contributed by atoms with Crippen LogP contribution >= 0.6 is 0 Å². The van der Waals surface area contributed by atoms with Gasteiger partial charge in [0.1, 0.15) is 5.82 Å². The van der Waals surface area contributed by atoms with Crippen LogP contribution in [0.25, 0.3) is 0 Å². The van der Waals surface area contributed by atoms with E-state index in [1.54, 1.807) is 0 Å². The highest BCUT2D eigenvalue weighted by Gasteiger charge is 2.31. The normalized spacial score (nSPS) is 25.9. The minimum Gasteiger partial charge on any atom is -0.385 e. The summed E-state index contributed by atoms with van der Waals surface area (Å²) in [6.07, 6.45) is 3.95. The lowest BCUT2D eigenvalue weighted by Crippen LogP contribution is -2.24. The zero-order valence-electron chi connectivity index (χ0n) is 9.67. The van der Waals surface area contributed by atoms with E-state index in [4.69, 9.17) is 0 Å². The lowest BCUT2D eigenvalue weighted by atomic mass is 9.91. The average Bonchev–Trinajstić information content (AvgIpc) is 2.23. The summed E-state index contributed by atoms with van der Waals surface area (Å²) in [6.45, 7) is 5.75. The van der Waals surface area contributed by atoms with Crippen molar-refractivity contribution in [2.75, 3.05) is 0 Å². The van der Waals surface area contributed by atoms with Gasteiger partial charge in [0.15, 0.2) is 0 Å². The molecule has 1 heterocycles. The maximum atomic E-state index is 10.4. The number of fused-ring (bicyclic) bond motifs is 1. The Morgan fingerprint density at radius 1 is 1.20 bits per heavy atom. The monoisotopic (exact) mass is 206 g/mol. The molecule has 0 aliphatic heterocycles. The first-order valence-electron chi connectivity index (χ1n) is 5.58. The second kappa shape index (κ2) is 3.56. The standard InChI is InChI=1S/C12H18N2O/c1-8-11-10(14-9(2)13-8)6-4-5-7-12(11,3)15/h15H,4-7H2,1-3H3. The Balaban J connectivity index is 2.61. The van der Waals surface area contributed by atoms with Gasteiger partial charge in [-0.3, -0.25) is 0 Å². The van der Waals surface area contributed by atoms with E-state index in [2.05, 4.69) is 9.97 Å². The van der Waals surface area contributed by atoms with Crippen molar-refractivity contribution in [3.63, 3.8) is 0 Å². The SMILES string of the molecule is Cc1nc(C)c2c(n1)CCCCC2(C)O. The summed E-state index contributed by atoms with van der Waals surface area (Å²) in [5, 5.41) is 10.4. The molecule has 0 fully saturated rings. The summed E-state index contributed by atoms with van der Waals surface area (Å²) in [5.74, 6) is 0.809. The average molecular weight is 206 g/mol. The van der Waals surface area contributed by atoms with Crippen LogP contribution in [0.1, 0.15) is 49.0 Å². The molecule has 0 amide bonds. The fourth-order valence-electron chi connectivity index (χ4n) is 2.55. The molecule has 0 bridgehead atoms. The van der Waals surface area contributed by atoms with Gasteiger partial charge in [-0.2, -0.15) is 0 Å². The van der Waals surface area contributed by atoms with E-state index in [-0.39, 0.29) is 0 Å². The third-order valence-corrected chi connectivity index (χ3v) is 3.14. The first-order chi connectivity index (χ1) is 7.00. The van der Waals surface area contributed by atoms with E-state index < -0.39 is 5.60 Å². The van der Waals surface area contributed by atoms with Crippen LogP contribution in [0.15, 0.2) is 0 Å². The molecular formula is C12H18N2O. The molecule has 1 atom stereocenters. The molecule has 1 aliphatic rings. The number of aryl methyl sites for hydroxylation is 3. The van der Waals surface area contributed by atoms with Crippen LogP contribution < -0.4 is 0 Å². The zero-order chi connectivity index (χ0) is 11.1. The second-order valence-corrected chi connectivity index (χ2v) is 4.66. The molecule has 3 heteroatoms. The van der Waals surface area contributed by atoms with Gasteiger partial charge in [0.2, 0.25) is 0 Å². The lowest BCUT2D eigenvalue weighted by molar-refractivity contribution is 0.0459. The van der Waals surface area contributed by atoms with Crippen LogP contribution in [0.2, 0.25) is 0 Å². The molecule has 0 spiro atoms. The molecule has 15 heavy (non-hydrogen) atoms. The van der Waals surface area contributed by atoms with Crippen LogP contribution in [0, 0.1) is 13.8 Å². The van der Waals surface area contributed by atoms with Gasteiger partial charge in [0.05, 0.1) is 11.3 Å². The first-order valence-corrected chi connectivity index (χ1v) is 5.58. The highest BCUT2D eigenvalue weighted by atomic mass is 16.3. The predicted octanol–water partition coefficient (Wildman–Crippen LogP) is 2.03. The van der Waals surface area contributed by atoms with E-state index in [9.17, 15) is 5.11 Å². The number of nitrogens with zero attached hydrogens (tertiary/aromatic N) is 2. The van der Waals surface area contributed by atoms with Crippen LogP contribution in [-0.4, -0.2) is 15.1 Å². The largest absolute Gasteiger partial charge is 0.385 e. The van der Waals surface area contributed by atoms with Gasteiger partial charge in [-0.1, -0.05) is 0 Å². The number of aromatic nitrogens is 2. The Kier molecular flexibility index (Phi) is 2.51. The van der Waals surface area contributed by atoms with Gasteiger partial charge < -0.3 is 5.11 Å². The fraction of sp³-hybridized carbons (Fsp3) is 0.667. The number of rotatable bonds is 0. The molecule has 1 aromatic rings. The van der Waals surface area contributed by atoms with E-state index in [0.717, 1.165) is 48.5 Å². The zero-order valence-corrected chi connectivity index (χ0v) is 9.67. The molecule has 82 valence electrons. The number of aliphatic hydroxyl groups is 1. The molecule has 0 aromatic carbocycles. The second-order valence-electron chi connectivity index (χ2n) is 4.66. The van der Waals surface area contributed by atoms with Crippen LogP contribution in [0.4, 0.5) is 0 Å². The predicted molar refractivity (Wildman–Crippen MR) is 58.6 cm³/mol. The van der Waals surface area contributed by atoms with Crippen LogP contribution in [-0.2, 0) is 12.0 Å². The van der Waals surface area contributed by atoms with Crippen molar-refractivity contribution >= 4 is 0 Å². The van der Waals surface area contributed by atoms with Crippen LogP contribution in [0.5, 0.6) is 0 Å². The summed E-state index contributed by atoms with van der Waals surface area (Å²) < 4.78 is 0. The fourth-order valence-corrected chi connectivity index (χ4v) is 2.55. The molecule has 1 unspecified atom stereocenters. The quantitative estimate of drug-likeness (QED) is 0.661. The number of hydrogen-bond donors (Lipinski definition) is 1. The topological polar surface area (TPSA) is 46.0 Å². The Morgan fingerprint density at radius 3 is 2.67 bits per heavy atom. The first kappa shape index (κ1) is 10.6. The summed E-state index contributed by atoms with van der Waals surface area (Å²) in [5.41, 5.74) is 2.20. The molecule has 2 rings (SSSR count). The van der Waals surface area contributed by atoms with E-state index in [1.807, 2.05) is 20.8 Å². The lowest BCUT2D eigenvalue weighted by Gasteiger charge is -2.25. The molecular weight excluding hydrogens is 188 g/mol. The molecule has 1 aromatic heterocycles. The van der Waals surface area contributed by atoms with Crippen molar-refractivity contribution in [1.82, 2.24) is 9.97 Å². The third kappa shape index (κ3) is 1.88. The van der Waals surface area contributed by atoms with Gasteiger partial charge in [0.25, 0.3) is 0 Å². The van der Waals surface area contributed by atoms with Gasteiger partial charge in [-0.25, -0.2) is 9.97 Å². The smallest absolute Gasteiger partial charge is 0.125 e. The minimum atomic E-state index is -0.746. The van der Waals surface area contributed by atoms with Crippen LogP contribution in [0.3, 0.4) is 0 Å². The summed E-state index contributed by atoms with van der Waals surface area (Å²) in [4.78, 5) is 8.81. The summed E-state index contributed by atoms with van der Waals surface area (Å²) in [7, 11) is 0. The Labute approximate surface area is 90.6 Å². The molecule has 0 saturated heterocycles. The Hall–Kier alpha value is -0.960. The van der Waals surface area contributed by atoms with Crippen molar-refractivity contribution in [2.45, 2.75) is 52.1 Å². The Bertz CT molecular complexity index is 385. The van der Waals surface area contributed by atoms with Crippen molar-refractivity contribution in [3.8, 4) is 0 Å². The molecule has 3 nitrogen and oxygen atoms in total. The van der Waals surface area contributed by atoms with Crippen molar-refractivity contribution in [1.29, 1.82) is 0 Å². The van der Waals surface area contributed by atoms with Gasteiger partial charge in [-0.05, 0) is 46.5 Å². The maximum absolute atomic E-state index is 10.4. The highest BCUT2D eigenvalue weighted by molar-refractivity contribution is 5.32. The van der Waals surface area contributed by atoms with E-state index in [0.29, 0.717) is 0 Å². The molecule has 0 radical (unpaired) electrons. The molecule has 0 saturated carbocycles. The van der Waals surface area contributed by atoms with Gasteiger partial charge >= 0.3 is 0 Å². The van der Waals surface area contributed by atoms with Crippen molar-refractivity contribution < 1.29 is 5.11 Å². The summed E-state index contributed by atoms with van der Waals surface area (Å²) >= 11 is 0. The molecule has 1 N–H and O–H groups in total. The summed E-state index contributed by atoms with van der Waals surface area (Å²) in [6, 6.07) is 0. The van der Waals surface area contributed by atoms with Gasteiger partial charge in [-0.15, -0.1) is 0 Å². The molecule has 1 aliphatic carbocycles. The Morgan fingerprint density at radius 2 is 1.93 bits per heavy atom. The third-order valence-electron chi connectivity index (χ3n) is 3.14. The highest BCUT2D eigenvalue weighted by Crippen LogP contribution is 2.34. The number of hydrogen-bond acceptors (Lipinski definition) is 3. The maximum Gasteiger partial charge on any atom is 0.125 e. The minimum absolute atomic E-state index is 0.746. The van der Waals surface area contributed by atoms with Crippen molar-refractivity contribution in [2.24, 2.45) is 0 Å².